The summed E-state index contributed by atoms with van der Waals surface area (Å²) in [4.78, 5) is 12.2. The van der Waals surface area contributed by atoms with E-state index in [-0.39, 0.29) is 18.5 Å². The molecule has 24 heavy (non-hydrogen) atoms. The van der Waals surface area contributed by atoms with Crippen LogP contribution in [0.25, 0.3) is 0 Å². The van der Waals surface area contributed by atoms with Crippen LogP contribution >= 0.6 is 15.9 Å². The molecule has 2 N–H and O–H groups in total. The van der Waals surface area contributed by atoms with Gasteiger partial charge in [0.05, 0.1) is 18.1 Å². The molecule has 0 bridgehead atoms. The van der Waals surface area contributed by atoms with Crippen LogP contribution in [0.2, 0.25) is 0 Å². The maximum absolute atomic E-state index is 12.2. The van der Waals surface area contributed by atoms with Gasteiger partial charge in [-0.25, -0.2) is 0 Å². The summed E-state index contributed by atoms with van der Waals surface area (Å²) in [5.41, 5.74) is 4.11. The van der Waals surface area contributed by atoms with Gasteiger partial charge >= 0.3 is 0 Å². The number of nitrogens with one attached hydrogen (secondary N) is 2. The molecule has 1 amide bonds. The number of carbonyl (C=O) groups is 1. The monoisotopic (exact) mass is 390 g/mol. The second-order valence-corrected chi connectivity index (χ2v) is 6.67. The molecule has 0 spiro atoms. The molecule has 2 rings (SSSR count). The first-order valence-electron chi connectivity index (χ1n) is 7.85. The third-order valence-corrected chi connectivity index (χ3v) is 4.61. The summed E-state index contributed by atoms with van der Waals surface area (Å²) >= 11 is 3.48. The van der Waals surface area contributed by atoms with Gasteiger partial charge in [-0.15, -0.1) is 0 Å². The average Bonchev–Trinajstić information content (AvgIpc) is 2.56. The van der Waals surface area contributed by atoms with Gasteiger partial charge in [-0.2, -0.15) is 0 Å². The molecule has 128 valence electrons. The lowest BCUT2D eigenvalue weighted by Gasteiger charge is -2.16. The predicted octanol–water partition coefficient (Wildman–Crippen LogP) is 4.36. The number of para-hydroxylation sites is 1. The molecule has 5 heteroatoms. The summed E-state index contributed by atoms with van der Waals surface area (Å²) in [7, 11) is 1.64. The Morgan fingerprint density at radius 1 is 1.21 bits per heavy atom. The third-order valence-electron chi connectivity index (χ3n) is 3.99. The minimum absolute atomic E-state index is 0.0492. The Hall–Kier alpha value is -1.85. The fraction of sp³-hybridized carbons (Fsp3) is 0.316. The molecule has 0 unspecified atom stereocenters. The van der Waals surface area contributed by atoms with Crippen molar-refractivity contribution in [2.24, 2.45) is 0 Å². The molecule has 2 aromatic carbocycles. The van der Waals surface area contributed by atoms with Crippen LogP contribution < -0.4 is 15.4 Å². The van der Waals surface area contributed by atoms with Gasteiger partial charge in [-0.05, 0) is 65.5 Å². The van der Waals surface area contributed by atoms with E-state index < -0.39 is 0 Å². The van der Waals surface area contributed by atoms with Crippen LogP contribution in [0.15, 0.2) is 40.9 Å². The van der Waals surface area contributed by atoms with Crippen LogP contribution in [0.1, 0.15) is 29.7 Å². The van der Waals surface area contributed by atoms with Crippen LogP contribution in [0.3, 0.4) is 0 Å². The highest BCUT2D eigenvalue weighted by Crippen LogP contribution is 2.28. The Labute approximate surface area is 151 Å². The van der Waals surface area contributed by atoms with E-state index in [1.54, 1.807) is 7.11 Å². The highest BCUT2D eigenvalue weighted by atomic mass is 79.9. The summed E-state index contributed by atoms with van der Waals surface area (Å²) in [5.74, 6) is 0.741. The molecule has 0 aromatic heterocycles. The van der Waals surface area contributed by atoms with Crippen molar-refractivity contribution < 1.29 is 9.53 Å². The predicted molar refractivity (Wildman–Crippen MR) is 102 cm³/mol. The number of hydrogen-bond acceptors (Lipinski definition) is 3. The van der Waals surface area contributed by atoms with Gasteiger partial charge in [0.15, 0.2) is 0 Å². The highest BCUT2D eigenvalue weighted by Gasteiger charge is 2.11. The first-order chi connectivity index (χ1) is 11.4. The summed E-state index contributed by atoms with van der Waals surface area (Å²) in [5, 5.41) is 6.23. The minimum atomic E-state index is -0.0492. The summed E-state index contributed by atoms with van der Waals surface area (Å²) in [6.07, 6.45) is 0. The average molecular weight is 391 g/mol. The fourth-order valence-corrected chi connectivity index (χ4v) is 3.07. The zero-order chi connectivity index (χ0) is 17.7. The lowest BCUT2D eigenvalue weighted by molar-refractivity contribution is -0.115. The van der Waals surface area contributed by atoms with Gasteiger partial charge in [0.2, 0.25) is 5.91 Å². The number of methoxy groups -OCH3 is 1. The summed E-state index contributed by atoms with van der Waals surface area (Å²) < 4.78 is 6.13. The first kappa shape index (κ1) is 18.5. The molecule has 0 saturated heterocycles. The number of aryl methyl sites for hydroxylation is 2. The van der Waals surface area contributed by atoms with Crippen LogP contribution in [0, 0.1) is 13.8 Å². The molecule has 0 radical (unpaired) electrons. The highest BCUT2D eigenvalue weighted by molar-refractivity contribution is 9.10. The van der Waals surface area contributed by atoms with Gasteiger partial charge in [-0.3, -0.25) is 4.79 Å². The molecule has 0 heterocycles. The number of hydrogen-bond donors (Lipinski definition) is 2. The number of rotatable bonds is 6. The van der Waals surface area contributed by atoms with E-state index in [2.05, 4.69) is 26.6 Å². The van der Waals surface area contributed by atoms with Gasteiger partial charge in [-0.1, -0.05) is 24.3 Å². The zero-order valence-electron chi connectivity index (χ0n) is 14.4. The smallest absolute Gasteiger partial charge is 0.238 e. The maximum atomic E-state index is 12.2. The molecule has 0 aliphatic heterocycles. The van der Waals surface area contributed by atoms with Crippen LogP contribution in [-0.2, 0) is 4.79 Å². The van der Waals surface area contributed by atoms with E-state index in [0.29, 0.717) is 0 Å². The first-order valence-corrected chi connectivity index (χ1v) is 8.64. The Morgan fingerprint density at radius 3 is 2.46 bits per heavy atom. The van der Waals surface area contributed by atoms with Gasteiger partial charge in [0, 0.05) is 11.7 Å². The van der Waals surface area contributed by atoms with Gasteiger partial charge in [0.1, 0.15) is 5.75 Å². The van der Waals surface area contributed by atoms with Crippen molar-refractivity contribution in [3.8, 4) is 5.75 Å². The number of amides is 1. The van der Waals surface area contributed by atoms with Crippen LogP contribution in [0.4, 0.5) is 5.69 Å². The van der Waals surface area contributed by atoms with Crippen molar-refractivity contribution >= 4 is 27.5 Å². The normalized spacial score (nSPS) is 11.9. The Bertz CT molecular complexity index is 711. The maximum Gasteiger partial charge on any atom is 0.238 e. The number of benzene rings is 2. The molecule has 1 atom stereocenters. The third kappa shape index (κ3) is 4.58. The van der Waals surface area contributed by atoms with Crippen molar-refractivity contribution in [3.05, 3.63) is 57.6 Å². The SMILES string of the molecule is COc1ccc([C@H](C)NCC(=O)Nc2c(C)cccc2C)cc1Br. The van der Waals surface area contributed by atoms with E-state index in [1.807, 2.05) is 57.2 Å². The Kier molecular flexibility index (Phi) is 6.40. The molecule has 0 aliphatic rings. The number of carbonyl (C=O) groups excluding carboxylic acids is 1. The van der Waals surface area contributed by atoms with Crippen molar-refractivity contribution in [2.75, 3.05) is 19.0 Å². The second-order valence-electron chi connectivity index (χ2n) is 5.81. The molecule has 0 aliphatic carbocycles. The number of anilines is 1. The molecular weight excluding hydrogens is 368 g/mol. The van der Waals surface area contributed by atoms with E-state index in [1.165, 1.54) is 0 Å². The van der Waals surface area contributed by atoms with Crippen molar-refractivity contribution in [3.63, 3.8) is 0 Å². The second kappa shape index (κ2) is 8.31. The molecule has 0 saturated carbocycles. The molecule has 0 fully saturated rings. The van der Waals surface area contributed by atoms with Crippen LogP contribution in [-0.4, -0.2) is 19.6 Å². The van der Waals surface area contributed by atoms with Crippen LogP contribution in [0.5, 0.6) is 5.75 Å². The lowest BCUT2D eigenvalue weighted by atomic mass is 10.1. The van der Waals surface area contributed by atoms with E-state index in [9.17, 15) is 4.79 Å². The number of halogens is 1. The van der Waals surface area contributed by atoms with Gasteiger partial charge in [0.25, 0.3) is 0 Å². The molecular formula is C19H23BrN2O2. The van der Waals surface area contributed by atoms with Crippen molar-refractivity contribution in [1.29, 1.82) is 0 Å². The van der Waals surface area contributed by atoms with E-state index in [0.717, 1.165) is 32.6 Å². The van der Waals surface area contributed by atoms with Crippen molar-refractivity contribution in [2.45, 2.75) is 26.8 Å². The Morgan fingerprint density at radius 2 is 1.88 bits per heavy atom. The lowest BCUT2D eigenvalue weighted by Crippen LogP contribution is -2.30. The summed E-state index contributed by atoms with van der Waals surface area (Å²) in [6, 6.07) is 11.9. The Balaban J connectivity index is 1.95. The quantitative estimate of drug-likeness (QED) is 0.769. The zero-order valence-corrected chi connectivity index (χ0v) is 16.0. The van der Waals surface area contributed by atoms with Gasteiger partial charge < -0.3 is 15.4 Å². The topological polar surface area (TPSA) is 50.4 Å². The summed E-state index contributed by atoms with van der Waals surface area (Å²) in [6.45, 7) is 6.26. The molecule has 4 nitrogen and oxygen atoms in total. The van der Waals surface area contributed by atoms with Crippen molar-refractivity contribution in [1.82, 2.24) is 5.32 Å². The largest absolute Gasteiger partial charge is 0.496 e. The molecule has 2 aromatic rings. The van der Waals surface area contributed by atoms with E-state index in [4.69, 9.17) is 4.74 Å². The fourth-order valence-electron chi connectivity index (χ4n) is 2.51. The minimum Gasteiger partial charge on any atom is -0.496 e. The van der Waals surface area contributed by atoms with E-state index >= 15 is 0 Å². The standard InChI is InChI=1S/C19H23BrN2O2/c1-12-6-5-7-13(2)19(12)22-18(23)11-21-14(3)15-8-9-17(24-4)16(20)10-15/h5-10,14,21H,11H2,1-4H3,(H,22,23)/t14-/m0/s1. The number of ether oxygens (including phenoxy) is 1.